The van der Waals surface area contributed by atoms with Gasteiger partial charge in [-0.05, 0) is 60.7 Å². The number of furan rings is 1. The standard InChI is InChI=1S/C24H13Br2NO/c25-14-5-8-21-18(11-14)19-12-15(26)6-9-22(19)27(21)16-7-10-24-20(13-16)17-3-1-2-4-23(17)28-24/h1-13H. The Kier molecular flexibility index (Phi) is 3.49. The third kappa shape index (κ3) is 2.31. The third-order valence-corrected chi connectivity index (χ3v) is 6.29. The van der Waals surface area contributed by atoms with Gasteiger partial charge in [0.25, 0.3) is 0 Å². The first-order valence-electron chi connectivity index (χ1n) is 9.00. The Morgan fingerprint density at radius 3 is 1.93 bits per heavy atom. The molecule has 0 aliphatic rings. The molecule has 0 N–H and O–H groups in total. The Labute approximate surface area is 177 Å². The van der Waals surface area contributed by atoms with E-state index in [-0.39, 0.29) is 0 Å². The highest BCUT2D eigenvalue weighted by Crippen LogP contribution is 2.37. The highest BCUT2D eigenvalue weighted by atomic mass is 79.9. The van der Waals surface area contributed by atoms with E-state index in [1.54, 1.807) is 0 Å². The monoisotopic (exact) mass is 489 g/mol. The van der Waals surface area contributed by atoms with Crippen LogP contribution in [-0.4, -0.2) is 4.57 Å². The quantitative estimate of drug-likeness (QED) is 0.227. The van der Waals surface area contributed by atoms with Gasteiger partial charge < -0.3 is 8.98 Å². The lowest BCUT2D eigenvalue weighted by Gasteiger charge is -2.08. The number of hydrogen-bond donors (Lipinski definition) is 0. The SMILES string of the molecule is Brc1ccc2c(c1)c1cc(Br)ccc1n2-c1ccc2oc3ccccc3c2c1. The molecule has 2 heterocycles. The zero-order chi connectivity index (χ0) is 18.8. The predicted molar refractivity (Wildman–Crippen MR) is 123 cm³/mol. The van der Waals surface area contributed by atoms with Crippen molar-refractivity contribution < 1.29 is 4.42 Å². The number of nitrogens with zero attached hydrogens (tertiary/aromatic N) is 1. The summed E-state index contributed by atoms with van der Waals surface area (Å²) in [4.78, 5) is 0. The van der Waals surface area contributed by atoms with E-state index < -0.39 is 0 Å². The number of fused-ring (bicyclic) bond motifs is 6. The lowest BCUT2D eigenvalue weighted by Crippen LogP contribution is -1.93. The summed E-state index contributed by atoms with van der Waals surface area (Å²) in [6, 6.07) is 27.5. The topological polar surface area (TPSA) is 18.1 Å². The number of hydrogen-bond acceptors (Lipinski definition) is 1. The van der Waals surface area contributed by atoms with Crippen LogP contribution in [0.5, 0.6) is 0 Å². The fourth-order valence-electron chi connectivity index (χ4n) is 4.10. The van der Waals surface area contributed by atoms with Crippen LogP contribution in [0.1, 0.15) is 0 Å². The minimum absolute atomic E-state index is 0.913. The average molecular weight is 491 g/mol. The Bertz CT molecular complexity index is 1480. The van der Waals surface area contributed by atoms with Crippen molar-refractivity contribution in [1.29, 1.82) is 0 Å². The average Bonchev–Trinajstić information content (AvgIpc) is 3.22. The van der Waals surface area contributed by atoms with Gasteiger partial charge in [0, 0.05) is 36.2 Å². The molecule has 0 bridgehead atoms. The lowest BCUT2D eigenvalue weighted by molar-refractivity contribution is 0.669. The van der Waals surface area contributed by atoms with Gasteiger partial charge in [0.2, 0.25) is 0 Å². The van der Waals surface area contributed by atoms with Crippen molar-refractivity contribution in [1.82, 2.24) is 4.57 Å². The molecule has 0 saturated heterocycles. The van der Waals surface area contributed by atoms with E-state index in [1.807, 2.05) is 12.1 Å². The van der Waals surface area contributed by atoms with Crippen molar-refractivity contribution in [3.05, 3.63) is 87.8 Å². The van der Waals surface area contributed by atoms with Crippen LogP contribution in [-0.2, 0) is 0 Å². The fraction of sp³-hybridized carbons (Fsp3) is 0. The van der Waals surface area contributed by atoms with Crippen LogP contribution in [0, 0.1) is 0 Å². The van der Waals surface area contributed by atoms with E-state index in [0.29, 0.717) is 0 Å². The summed E-state index contributed by atoms with van der Waals surface area (Å²) in [5.41, 5.74) is 5.33. The Morgan fingerprint density at radius 2 is 1.21 bits per heavy atom. The number of aromatic nitrogens is 1. The van der Waals surface area contributed by atoms with Gasteiger partial charge in [-0.1, -0.05) is 50.1 Å². The van der Waals surface area contributed by atoms with Crippen LogP contribution in [0.25, 0.3) is 49.4 Å². The molecule has 4 heteroatoms. The Balaban J connectivity index is 1.75. The summed E-state index contributed by atoms with van der Waals surface area (Å²) in [5, 5.41) is 4.73. The molecule has 0 aliphatic carbocycles. The number of rotatable bonds is 1. The largest absolute Gasteiger partial charge is 0.456 e. The summed E-state index contributed by atoms with van der Waals surface area (Å²) >= 11 is 7.25. The molecular formula is C24H13Br2NO. The number of halogens is 2. The van der Waals surface area contributed by atoms with Crippen LogP contribution < -0.4 is 0 Å². The molecule has 6 aromatic rings. The van der Waals surface area contributed by atoms with Gasteiger partial charge in [-0.25, -0.2) is 0 Å². The van der Waals surface area contributed by atoms with E-state index in [9.17, 15) is 0 Å². The molecule has 0 radical (unpaired) electrons. The Morgan fingerprint density at radius 1 is 0.571 bits per heavy atom. The fourth-order valence-corrected chi connectivity index (χ4v) is 4.82. The summed E-state index contributed by atoms with van der Waals surface area (Å²) < 4.78 is 10.5. The van der Waals surface area contributed by atoms with Crippen molar-refractivity contribution in [3.8, 4) is 5.69 Å². The maximum atomic E-state index is 6.01. The molecule has 0 amide bonds. The first-order chi connectivity index (χ1) is 13.7. The van der Waals surface area contributed by atoms with Crippen molar-refractivity contribution in [2.45, 2.75) is 0 Å². The van der Waals surface area contributed by atoms with E-state index in [0.717, 1.165) is 36.6 Å². The first-order valence-corrected chi connectivity index (χ1v) is 10.6. The molecule has 2 aromatic heterocycles. The summed E-state index contributed by atoms with van der Waals surface area (Å²) in [6.07, 6.45) is 0. The van der Waals surface area contributed by atoms with Gasteiger partial charge in [0.1, 0.15) is 11.2 Å². The second-order valence-corrected chi connectivity index (χ2v) is 8.77. The van der Waals surface area contributed by atoms with E-state index >= 15 is 0 Å². The van der Waals surface area contributed by atoms with Crippen LogP contribution >= 0.6 is 31.9 Å². The molecular weight excluding hydrogens is 478 g/mol. The molecule has 28 heavy (non-hydrogen) atoms. The van der Waals surface area contributed by atoms with E-state index in [2.05, 4.69) is 103 Å². The van der Waals surface area contributed by atoms with Crippen molar-refractivity contribution in [2.24, 2.45) is 0 Å². The number of para-hydroxylation sites is 1. The predicted octanol–water partition coefficient (Wildman–Crippen LogP) is 8.21. The number of benzene rings is 4. The van der Waals surface area contributed by atoms with Gasteiger partial charge in [-0.2, -0.15) is 0 Å². The van der Waals surface area contributed by atoms with Crippen molar-refractivity contribution >= 4 is 75.6 Å². The normalized spacial score (nSPS) is 11.9. The van der Waals surface area contributed by atoms with E-state index in [1.165, 1.54) is 21.8 Å². The summed E-state index contributed by atoms with van der Waals surface area (Å²) in [7, 11) is 0. The molecule has 0 aliphatic heterocycles. The molecule has 0 atom stereocenters. The second kappa shape index (κ2) is 5.97. The smallest absolute Gasteiger partial charge is 0.135 e. The lowest BCUT2D eigenvalue weighted by atomic mass is 10.1. The highest BCUT2D eigenvalue weighted by Gasteiger charge is 2.14. The summed E-state index contributed by atoms with van der Waals surface area (Å²) in [5.74, 6) is 0. The molecule has 0 unspecified atom stereocenters. The molecule has 0 saturated carbocycles. The zero-order valence-corrected chi connectivity index (χ0v) is 17.8. The van der Waals surface area contributed by atoms with Crippen LogP contribution in [0.15, 0.2) is 92.2 Å². The maximum absolute atomic E-state index is 6.01. The second-order valence-electron chi connectivity index (χ2n) is 6.94. The van der Waals surface area contributed by atoms with Crippen molar-refractivity contribution in [2.75, 3.05) is 0 Å². The molecule has 4 aromatic carbocycles. The zero-order valence-electron chi connectivity index (χ0n) is 14.6. The van der Waals surface area contributed by atoms with Gasteiger partial charge >= 0.3 is 0 Å². The molecule has 2 nitrogen and oxygen atoms in total. The van der Waals surface area contributed by atoms with Crippen LogP contribution in [0.2, 0.25) is 0 Å². The van der Waals surface area contributed by atoms with Crippen LogP contribution in [0.4, 0.5) is 0 Å². The van der Waals surface area contributed by atoms with Gasteiger partial charge in [0.05, 0.1) is 11.0 Å². The van der Waals surface area contributed by atoms with E-state index in [4.69, 9.17) is 4.42 Å². The molecule has 134 valence electrons. The minimum Gasteiger partial charge on any atom is -0.456 e. The minimum atomic E-state index is 0.913. The maximum Gasteiger partial charge on any atom is 0.135 e. The molecule has 6 rings (SSSR count). The molecule has 0 spiro atoms. The van der Waals surface area contributed by atoms with Gasteiger partial charge in [-0.15, -0.1) is 0 Å². The van der Waals surface area contributed by atoms with Gasteiger partial charge in [0.15, 0.2) is 0 Å². The van der Waals surface area contributed by atoms with Crippen molar-refractivity contribution in [3.63, 3.8) is 0 Å². The van der Waals surface area contributed by atoms with Crippen LogP contribution in [0.3, 0.4) is 0 Å². The first kappa shape index (κ1) is 16.4. The molecule has 0 fully saturated rings. The third-order valence-electron chi connectivity index (χ3n) is 5.31. The summed E-state index contributed by atoms with van der Waals surface area (Å²) in [6.45, 7) is 0. The van der Waals surface area contributed by atoms with Gasteiger partial charge in [-0.3, -0.25) is 0 Å². The Hall–Kier alpha value is -2.56. The highest BCUT2D eigenvalue weighted by molar-refractivity contribution is 9.10.